The van der Waals surface area contributed by atoms with Crippen molar-refractivity contribution in [1.29, 1.82) is 0 Å². The second-order valence-corrected chi connectivity index (χ2v) is 4.16. The van der Waals surface area contributed by atoms with Crippen LogP contribution in [-0.2, 0) is 6.42 Å². The van der Waals surface area contributed by atoms with E-state index >= 15 is 0 Å². The number of aliphatic hydroxyl groups is 1. The number of benzene rings is 2. The fraction of sp³-hybridized carbons (Fsp3) is 0.143. The summed E-state index contributed by atoms with van der Waals surface area (Å²) in [6, 6.07) is 11.3. The molecule has 0 aliphatic rings. The monoisotopic (exact) mass is 274 g/mol. The van der Waals surface area contributed by atoms with Gasteiger partial charge in [0.2, 0.25) is 0 Å². The molecule has 3 N–H and O–H groups in total. The smallest absolute Gasteiger partial charge is 0.271 e. The summed E-state index contributed by atoms with van der Waals surface area (Å²) in [6.07, 6.45) is 0.461. The van der Waals surface area contributed by atoms with Crippen molar-refractivity contribution in [2.75, 3.05) is 12.3 Å². The van der Waals surface area contributed by atoms with E-state index in [0.29, 0.717) is 17.9 Å². The van der Waals surface area contributed by atoms with E-state index in [1.165, 1.54) is 18.2 Å². The van der Waals surface area contributed by atoms with Crippen LogP contribution in [0.4, 0.5) is 11.4 Å². The number of non-ortho nitro benzene ring substituents is 1. The molecule has 0 amide bonds. The maximum absolute atomic E-state index is 10.6. The highest BCUT2D eigenvalue weighted by atomic mass is 16.6. The van der Waals surface area contributed by atoms with E-state index in [1.54, 1.807) is 12.1 Å². The van der Waals surface area contributed by atoms with Crippen molar-refractivity contribution in [2.45, 2.75) is 6.42 Å². The van der Waals surface area contributed by atoms with Gasteiger partial charge in [0, 0.05) is 18.7 Å². The third-order valence-corrected chi connectivity index (χ3v) is 2.78. The van der Waals surface area contributed by atoms with Crippen molar-refractivity contribution in [2.24, 2.45) is 0 Å². The van der Waals surface area contributed by atoms with Gasteiger partial charge in [0.25, 0.3) is 5.69 Å². The van der Waals surface area contributed by atoms with E-state index in [2.05, 4.69) is 0 Å². The minimum absolute atomic E-state index is 0.0100. The van der Waals surface area contributed by atoms with Gasteiger partial charge in [-0.25, -0.2) is 0 Å². The Kier molecular flexibility index (Phi) is 4.17. The number of para-hydroxylation sites is 1. The Morgan fingerprint density at radius 3 is 2.60 bits per heavy atom. The summed E-state index contributed by atoms with van der Waals surface area (Å²) in [4.78, 5) is 10.1. The molecule has 0 aliphatic carbocycles. The summed E-state index contributed by atoms with van der Waals surface area (Å²) < 4.78 is 5.67. The minimum atomic E-state index is -0.514. The highest BCUT2D eigenvalue weighted by Crippen LogP contribution is 2.32. The topological polar surface area (TPSA) is 98.6 Å². The summed E-state index contributed by atoms with van der Waals surface area (Å²) in [5.41, 5.74) is 6.70. The fourth-order valence-corrected chi connectivity index (χ4v) is 1.79. The highest BCUT2D eigenvalue weighted by molar-refractivity contribution is 5.59. The molecule has 6 heteroatoms. The van der Waals surface area contributed by atoms with Crippen LogP contribution in [0.2, 0.25) is 0 Å². The van der Waals surface area contributed by atoms with E-state index in [9.17, 15) is 10.1 Å². The summed E-state index contributed by atoms with van der Waals surface area (Å²) in [5.74, 6) is 0.920. The van der Waals surface area contributed by atoms with Gasteiger partial charge in [0.05, 0.1) is 10.6 Å². The van der Waals surface area contributed by atoms with Gasteiger partial charge in [-0.05, 0) is 24.1 Å². The second-order valence-electron chi connectivity index (χ2n) is 4.16. The number of anilines is 1. The van der Waals surface area contributed by atoms with Crippen LogP contribution < -0.4 is 10.5 Å². The molecule has 0 saturated carbocycles. The maximum atomic E-state index is 10.6. The number of nitro groups is 1. The van der Waals surface area contributed by atoms with Crippen molar-refractivity contribution in [3.8, 4) is 11.5 Å². The zero-order chi connectivity index (χ0) is 14.5. The Bertz CT molecular complexity index is 628. The molecular formula is C14H14N2O4. The zero-order valence-corrected chi connectivity index (χ0v) is 10.7. The lowest BCUT2D eigenvalue weighted by Gasteiger charge is -2.11. The molecule has 0 atom stereocenters. The van der Waals surface area contributed by atoms with Crippen LogP contribution >= 0.6 is 0 Å². The number of aliphatic hydroxyl groups excluding tert-OH is 1. The number of hydrogen-bond acceptors (Lipinski definition) is 5. The first-order chi connectivity index (χ1) is 9.61. The molecule has 20 heavy (non-hydrogen) atoms. The number of ether oxygens (including phenoxy) is 1. The third kappa shape index (κ3) is 3.04. The Labute approximate surface area is 115 Å². The van der Waals surface area contributed by atoms with E-state index in [0.717, 1.165) is 5.56 Å². The van der Waals surface area contributed by atoms with Crippen molar-refractivity contribution in [3.63, 3.8) is 0 Å². The van der Waals surface area contributed by atoms with Crippen LogP contribution in [0.5, 0.6) is 11.5 Å². The first-order valence-electron chi connectivity index (χ1n) is 6.02. The average Bonchev–Trinajstić information content (AvgIpc) is 2.43. The van der Waals surface area contributed by atoms with E-state index < -0.39 is 4.92 Å². The SMILES string of the molecule is Nc1cc([N+](=O)[O-])ccc1Oc1ccccc1CCO. The molecule has 0 radical (unpaired) electrons. The number of nitrogen functional groups attached to an aromatic ring is 1. The van der Waals surface area contributed by atoms with Crippen LogP contribution in [0.1, 0.15) is 5.56 Å². The zero-order valence-electron chi connectivity index (χ0n) is 10.7. The average molecular weight is 274 g/mol. The molecule has 2 aromatic rings. The molecule has 6 nitrogen and oxygen atoms in total. The highest BCUT2D eigenvalue weighted by Gasteiger charge is 2.11. The molecule has 0 aliphatic heterocycles. The number of rotatable bonds is 5. The second kappa shape index (κ2) is 6.03. The molecule has 0 unspecified atom stereocenters. The lowest BCUT2D eigenvalue weighted by Crippen LogP contribution is -1.98. The maximum Gasteiger partial charge on any atom is 0.271 e. The van der Waals surface area contributed by atoms with Crippen molar-refractivity contribution in [3.05, 3.63) is 58.1 Å². The Morgan fingerprint density at radius 2 is 1.95 bits per heavy atom. The first-order valence-corrected chi connectivity index (χ1v) is 6.02. The Morgan fingerprint density at radius 1 is 1.20 bits per heavy atom. The van der Waals surface area contributed by atoms with Crippen molar-refractivity contribution < 1.29 is 14.8 Å². The molecule has 2 rings (SSSR count). The quantitative estimate of drug-likeness (QED) is 0.496. The van der Waals surface area contributed by atoms with Gasteiger partial charge >= 0.3 is 0 Å². The van der Waals surface area contributed by atoms with Gasteiger partial charge in [0.1, 0.15) is 5.75 Å². The number of nitro benzene ring substituents is 1. The van der Waals surface area contributed by atoms with Crippen LogP contribution in [0.3, 0.4) is 0 Å². The minimum Gasteiger partial charge on any atom is -0.455 e. The summed E-state index contributed by atoms with van der Waals surface area (Å²) >= 11 is 0. The lowest BCUT2D eigenvalue weighted by molar-refractivity contribution is -0.384. The first kappa shape index (κ1) is 13.8. The normalized spacial score (nSPS) is 10.2. The molecule has 0 spiro atoms. The standard InChI is InChI=1S/C14H14N2O4/c15-12-9-11(16(18)19)5-6-14(12)20-13-4-2-1-3-10(13)7-8-17/h1-6,9,17H,7-8,15H2. The fourth-order valence-electron chi connectivity index (χ4n) is 1.79. The van der Waals surface area contributed by atoms with Crippen LogP contribution in [0.25, 0.3) is 0 Å². The molecule has 0 saturated heterocycles. The third-order valence-electron chi connectivity index (χ3n) is 2.78. The molecular weight excluding hydrogens is 260 g/mol. The van der Waals surface area contributed by atoms with Crippen molar-refractivity contribution >= 4 is 11.4 Å². The molecule has 0 fully saturated rings. The summed E-state index contributed by atoms with van der Waals surface area (Å²) in [7, 11) is 0. The van der Waals surface area contributed by atoms with Gasteiger partial charge in [-0.3, -0.25) is 10.1 Å². The summed E-state index contributed by atoms with van der Waals surface area (Å²) in [6.45, 7) is 0.0100. The number of hydrogen-bond donors (Lipinski definition) is 2. The molecule has 0 aromatic heterocycles. The predicted octanol–water partition coefficient (Wildman–Crippen LogP) is 2.50. The molecule has 0 bridgehead atoms. The Balaban J connectivity index is 2.28. The molecule has 104 valence electrons. The van der Waals surface area contributed by atoms with E-state index in [1.807, 2.05) is 12.1 Å². The van der Waals surface area contributed by atoms with E-state index in [-0.39, 0.29) is 18.0 Å². The van der Waals surface area contributed by atoms with Crippen LogP contribution in [-0.4, -0.2) is 16.6 Å². The Hall–Kier alpha value is -2.60. The predicted molar refractivity (Wildman–Crippen MR) is 74.8 cm³/mol. The van der Waals surface area contributed by atoms with Gasteiger partial charge in [-0.15, -0.1) is 0 Å². The van der Waals surface area contributed by atoms with Crippen LogP contribution in [0.15, 0.2) is 42.5 Å². The molecule has 2 aromatic carbocycles. The lowest BCUT2D eigenvalue weighted by atomic mass is 10.1. The van der Waals surface area contributed by atoms with Gasteiger partial charge in [0.15, 0.2) is 5.75 Å². The van der Waals surface area contributed by atoms with Crippen LogP contribution in [0, 0.1) is 10.1 Å². The largest absolute Gasteiger partial charge is 0.455 e. The van der Waals surface area contributed by atoms with Gasteiger partial charge in [-0.1, -0.05) is 18.2 Å². The van der Waals surface area contributed by atoms with Gasteiger partial charge < -0.3 is 15.6 Å². The van der Waals surface area contributed by atoms with Gasteiger partial charge in [-0.2, -0.15) is 0 Å². The van der Waals surface area contributed by atoms with Crippen molar-refractivity contribution in [1.82, 2.24) is 0 Å². The number of nitrogens with two attached hydrogens (primary N) is 1. The molecule has 0 heterocycles. The summed E-state index contributed by atoms with van der Waals surface area (Å²) in [5, 5.41) is 19.7. The van der Waals surface area contributed by atoms with E-state index in [4.69, 9.17) is 15.6 Å². The number of nitrogens with zero attached hydrogens (tertiary/aromatic N) is 1.